The highest BCUT2D eigenvalue weighted by molar-refractivity contribution is 5.48. The zero-order valence-corrected chi connectivity index (χ0v) is 12.8. The monoisotopic (exact) mass is 249 g/mol. The fourth-order valence-electron chi connectivity index (χ4n) is 2.08. The minimum atomic E-state index is -0.168. The smallest absolute Gasteiger partial charge is 0.124 e. The Hall–Kier alpha value is -1.02. The molecule has 102 valence electrons. The van der Waals surface area contributed by atoms with Gasteiger partial charge in [0.25, 0.3) is 0 Å². The van der Waals surface area contributed by atoms with Crippen LogP contribution in [0.1, 0.15) is 64.3 Å². The van der Waals surface area contributed by atoms with Crippen LogP contribution in [0.4, 0.5) is 0 Å². The number of hydrogen-bond acceptors (Lipinski definition) is 2. The molecular formula is C16H27NO. The third-order valence-corrected chi connectivity index (χ3v) is 3.36. The molecule has 1 unspecified atom stereocenters. The van der Waals surface area contributed by atoms with Crippen LogP contribution < -0.4 is 5.73 Å². The Kier molecular flexibility index (Phi) is 3.83. The molecule has 0 aromatic heterocycles. The molecule has 0 bridgehead atoms. The normalized spacial score (nSPS) is 14.7. The highest BCUT2D eigenvalue weighted by atomic mass is 16.3. The van der Waals surface area contributed by atoms with E-state index in [2.05, 4.69) is 41.5 Å². The zero-order valence-electron chi connectivity index (χ0n) is 12.8. The number of phenolic OH excluding ortho intramolecular Hbond substituents is 1. The molecule has 1 rings (SSSR count). The average Bonchev–Trinajstić information content (AvgIpc) is 2.17. The van der Waals surface area contributed by atoms with E-state index in [9.17, 15) is 5.11 Å². The molecule has 0 radical (unpaired) electrons. The second-order valence-corrected chi connectivity index (χ2v) is 7.34. The highest BCUT2D eigenvalue weighted by Gasteiger charge is 2.28. The number of nitrogens with two attached hydrogens (primary N) is 1. The molecule has 0 aliphatic rings. The maximum atomic E-state index is 10.5. The summed E-state index contributed by atoms with van der Waals surface area (Å²) < 4.78 is 0. The summed E-state index contributed by atoms with van der Waals surface area (Å²) in [6.45, 7) is 14.6. The van der Waals surface area contributed by atoms with E-state index in [1.54, 1.807) is 0 Å². The first kappa shape index (κ1) is 15.0. The lowest BCUT2D eigenvalue weighted by atomic mass is 9.78. The summed E-state index contributed by atoms with van der Waals surface area (Å²) in [5.74, 6) is 0.357. The topological polar surface area (TPSA) is 46.2 Å². The molecule has 0 saturated heterocycles. The maximum absolute atomic E-state index is 10.5. The van der Waals surface area contributed by atoms with Crippen molar-refractivity contribution in [2.75, 3.05) is 0 Å². The van der Waals surface area contributed by atoms with Crippen LogP contribution in [0.2, 0.25) is 0 Å². The fraction of sp³-hybridized carbons (Fsp3) is 0.625. The molecule has 1 aromatic carbocycles. The van der Waals surface area contributed by atoms with E-state index in [1.807, 2.05) is 19.1 Å². The number of phenols is 1. The molecule has 0 aliphatic carbocycles. The minimum absolute atomic E-state index is 0.0690. The van der Waals surface area contributed by atoms with Gasteiger partial charge in [-0.25, -0.2) is 0 Å². The third-order valence-electron chi connectivity index (χ3n) is 3.36. The Bertz CT molecular complexity index is 436. The van der Waals surface area contributed by atoms with Crippen LogP contribution in [0.3, 0.4) is 0 Å². The summed E-state index contributed by atoms with van der Waals surface area (Å²) in [6, 6.07) is 3.88. The molecule has 1 aromatic rings. The van der Waals surface area contributed by atoms with Crippen LogP contribution in [-0.2, 0) is 5.41 Å². The molecule has 1 atom stereocenters. The van der Waals surface area contributed by atoms with Crippen molar-refractivity contribution in [3.63, 3.8) is 0 Å². The SMILES string of the molecule is Cc1cc(C(N)C(C)(C)C)c(O)c(C(C)(C)C)c1. The van der Waals surface area contributed by atoms with E-state index in [1.165, 1.54) is 0 Å². The van der Waals surface area contributed by atoms with E-state index in [4.69, 9.17) is 5.73 Å². The van der Waals surface area contributed by atoms with Crippen molar-refractivity contribution in [3.05, 3.63) is 28.8 Å². The average molecular weight is 249 g/mol. The van der Waals surface area contributed by atoms with Crippen molar-refractivity contribution in [2.45, 2.75) is 59.9 Å². The molecule has 2 nitrogen and oxygen atoms in total. The Morgan fingerprint density at radius 1 is 1.06 bits per heavy atom. The molecule has 0 aliphatic heterocycles. The molecule has 3 N–H and O–H groups in total. The van der Waals surface area contributed by atoms with Crippen molar-refractivity contribution in [3.8, 4) is 5.75 Å². The highest BCUT2D eigenvalue weighted by Crippen LogP contribution is 2.41. The predicted molar refractivity (Wildman–Crippen MR) is 77.9 cm³/mol. The second kappa shape index (κ2) is 4.58. The van der Waals surface area contributed by atoms with Gasteiger partial charge in [0.2, 0.25) is 0 Å². The van der Waals surface area contributed by atoms with Gasteiger partial charge < -0.3 is 10.8 Å². The van der Waals surface area contributed by atoms with Gasteiger partial charge in [0.05, 0.1) is 0 Å². The van der Waals surface area contributed by atoms with Crippen LogP contribution in [0, 0.1) is 12.3 Å². The minimum Gasteiger partial charge on any atom is -0.507 e. The van der Waals surface area contributed by atoms with Crippen LogP contribution >= 0.6 is 0 Å². The molecular weight excluding hydrogens is 222 g/mol. The summed E-state index contributed by atoms with van der Waals surface area (Å²) >= 11 is 0. The maximum Gasteiger partial charge on any atom is 0.124 e. The Labute approximate surface area is 111 Å². The molecule has 0 fully saturated rings. The lowest BCUT2D eigenvalue weighted by molar-refractivity contribution is 0.315. The van der Waals surface area contributed by atoms with Crippen LogP contribution in [0.15, 0.2) is 12.1 Å². The van der Waals surface area contributed by atoms with Crippen LogP contribution in [0.5, 0.6) is 5.75 Å². The van der Waals surface area contributed by atoms with Crippen molar-refractivity contribution in [2.24, 2.45) is 11.1 Å². The van der Waals surface area contributed by atoms with Gasteiger partial charge in [-0.3, -0.25) is 0 Å². The van der Waals surface area contributed by atoms with Gasteiger partial charge in [-0.15, -0.1) is 0 Å². The van der Waals surface area contributed by atoms with Gasteiger partial charge in [0, 0.05) is 11.6 Å². The van der Waals surface area contributed by atoms with Gasteiger partial charge in [-0.2, -0.15) is 0 Å². The van der Waals surface area contributed by atoms with Gasteiger partial charge >= 0.3 is 0 Å². The van der Waals surface area contributed by atoms with Gasteiger partial charge in [-0.05, 0) is 23.3 Å². The van der Waals surface area contributed by atoms with E-state index in [0.717, 1.165) is 16.7 Å². The van der Waals surface area contributed by atoms with E-state index in [0.29, 0.717) is 5.75 Å². The summed E-state index contributed by atoms with van der Waals surface area (Å²) in [5.41, 5.74) is 9.11. The first-order valence-corrected chi connectivity index (χ1v) is 6.54. The standard InChI is InChI=1S/C16H27NO/c1-10-8-11(14(17)16(5,6)7)13(18)12(9-10)15(2,3)4/h8-9,14,18H,17H2,1-7H3. The van der Waals surface area contributed by atoms with Crippen molar-refractivity contribution >= 4 is 0 Å². The summed E-state index contributed by atoms with van der Waals surface area (Å²) in [7, 11) is 0. The molecule has 2 heteroatoms. The zero-order chi connectivity index (χ0) is 14.3. The number of aryl methyl sites for hydroxylation is 1. The largest absolute Gasteiger partial charge is 0.507 e. The fourth-order valence-corrected chi connectivity index (χ4v) is 2.08. The van der Waals surface area contributed by atoms with Gasteiger partial charge in [0.1, 0.15) is 5.75 Å². The van der Waals surface area contributed by atoms with Crippen LogP contribution in [0.25, 0.3) is 0 Å². The lowest BCUT2D eigenvalue weighted by Crippen LogP contribution is -2.27. The summed E-state index contributed by atoms with van der Waals surface area (Å²) in [5, 5.41) is 10.5. The second-order valence-electron chi connectivity index (χ2n) is 7.34. The van der Waals surface area contributed by atoms with Crippen LogP contribution in [-0.4, -0.2) is 5.11 Å². The Morgan fingerprint density at radius 3 is 1.94 bits per heavy atom. The van der Waals surface area contributed by atoms with Crippen molar-refractivity contribution in [1.29, 1.82) is 0 Å². The number of benzene rings is 1. The number of aromatic hydroxyl groups is 1. The third kappa shape index (κ3) is 3.05. The molecule has 0 saturated carbocycles. The lowest BCUT2D eigenvalue weighted by Gasteiger charge is -2.31. The van der Waals surface area contributed by atoms with E-state index < -0.39 is 0 Å². The number of hydrogen-bond donors (Lipinski definition) is 2. The van der Waals surface area contributed by atoms with Crippen molar-refractivity contribution < 1.29 is 5.11 Å². The molecule has 0 heterocycles. The van der Waals surface area contributed by atoms with E-state index in [-0.39, 0.29) is 16.9 Å². The number of rotatable bonds is 1. The molecule has 18 heavy (non-hydrogen) atoms. The molecule has 0 spiro atoms. The Balaban J connectivity index is 3.44. The molecule has 0 amide bonds. The predicted octanol–water partition coefficient (Wildman–Crippen LogP) is 4.04. The van der Waals surface area contributed by atoms with Gasteiger partial charge in [-0.1, -0.05) is 59.2 Å². The summed E-state index contributed by atoms with van der Waals surface area (Å²) in [4.78, 5) is 0. The van der Waals surface area contributed by atoms with E-state index >= 15 is 0 Å². The first-order chi connectivity index (χ1) is 7.94. The first-order valence-electron chi connectivity index (χ1n) is 6.54. The van der Waals surface area contributed by atoms with Gasteiger partial charge in [0.15, 0.2) is 0 Å². The van der Waals surface area contributed by atoms with Crippen molar-refractivity contribution in [1.82, 2.24) is 0 Å². The summed E-state index contributed by atoms with van der Waals surface area (Å²) in [6.07, 6.45) is 0. The Morgan fingerprint density at radius 2 is 1.56 bits per heavy atom. The quantitative estimate of drug-likeness (QED) is 0.789.